The fraction of sp³-hybridized carbons (Fsp3) is 0.423. The van der Waals surface area contributed by atoms with E-state index in [0.717, 1.165) is 73.8 Å². The number of likely N-dealkylation sites (N-methyl/N-ethyl adjacent to an activating group) is 1. The number of ketones is 1. The zero-order chi connectivity index (χ0) is 97.3. The maximum atomic E-state index is 13.7. The number of hydrogen-bond acceptors (Lipinski definition) is 24. The van der Waals surface area contributed by atoms with E-state index in [2.05, 4.69) is 103 Å². The number of thiazole rings is 1. The number of β-amino-alcohol motifs (C(OH)–C–C–N with tert-alkyl or cyclic N) is 1. The predicted molar refractivity (Wildman–Crippen MR) is 514 cm³/mol. The van der Waals surface area contributed by atoms with Crippen molar-refractivity contribution in [3.8, 4) is 10.4 Å². The molecule has 11 atom stereocenters. The minimum atomic E-state index is -4.03. The highest BCUT2D eigenvalue weighted by atomic mass is 32.2. The first kappa shape index (κ1) is 102. The van der Waals surface area contributed by atoms with Crippen molar-refractivity contribution in [2.75, 3.05) is 49.7 Å². The van der Waals surface area contributed by atoms with E-state index in [1.165, 1.54) is 40.7 Å². The molecule has 4 aliphatic rings. The maximum absolute atomic E-state index is 13.7. The van der Waals surface area contributed by atoms with Crippen LogP contribution in [0.3, 0.4) is 0 Å². The molecule has 2 aliphatic carbocycles. The van der Waals surface area contributed by atoms with E-state index in [9.17, 15) is 67.0 Å². The number of benzene rings is 5. The average molecular weight is 1870 g/mol. The van der Waals surface area contributed by atoms with Gasteiger partial charge in [0.05, 0.1) is 88.4 Å². The van der Waals surface area contributed by atoms with Gasteiger partial charge in [0.1, 0.15) is 35.6 Å². The van der Waals surface area contributed by atoms with Crippen molar-refractivity contribution in [1.82, 2.24) is 75.7 Å². The Morgan fingerprint density at radius 3 is 2.10 bits per heavy atom. The van der Waals surface area contributed by atoms with Gasteiger partial charge in [-0.25, -0.2) is 29.9 Å². The van der Waals surface area contributed by atoms with Crippen LogP contribution in [0.4, 0.5) is 22.1 Å². The third kappa shape index (κ3) is 27.0. The number of likely N-dealkylation sites (tertiary alicyclic amines) is 1. The topological polar surface area (TPSA) is 479 Å². The Bertz CT molecular complexity index is 5840. The summed E-state index contributed by atoms with van der Waals surface area (Å²) < 4.78 is 28.9. The minimum absolute atomic E-state index is 0.0171. The van der Waals surface area contributed by atoms with Crippen LogP contribution in [0, 0.1) is 29.6 Å². The van der Waals surface area contributed by atoms with E-state index in [1.807, 2.05) is 189 Å². The van der Waals surface area contributed by atoms with Gasteiger partial charge in [0.2, 0.25) is 23.6 Å². The van der Waals surface area contributed by atoms with Crippen LogP contribution < -0.4 is 42.4 Å². The van der Waals surface area contributed by atoms with E-state index >= 15 is 0 Å². The van der Waals surface area contributed by atoms with Crippen LogP contribution in [0.1, 0.15) is 204 Å². The molecule has 37 heteroatoms. The van der Waals surface area contributed by atoms with Crippen LogP contribution in [0.5, 0.6) is 0 Å². The molecule has 14 N–H and O–H groups in total. The number of aromatic nitrogens is 8. The van der Waals surface area contributed by atoms with Crippen molar-refractivity contribution in [3.63, 3.8) is 0 Å². The molecule has 10 aromatic rings. The lowest BCUT2D eigenvalue weighted by Crippen LogP contribution is -2.59. The number of aliphatic hydroxyl groups excluding tert-OH is 2. The number of H-pyrrole nitrogens is 1. The Morgan fingerprint density at radius 2 is 1.47 bits per heavy atom. The highest BCUT2D eigenvalue weighted by molar-refractivity contribution is 7.84. The fourth-order valence-electron chi connectivity index (χ4n) is 16.9. The van der Waals surface area contributed by atoms with Gasteiger partial charge >= 0.3 is 23.5 Å². The zero-order valence-corrected chi connectivity index (χ0v) is 79.8. The predicted octanol–water partition coefficient (Wildman–Crippen LogP) is 11.4. The van der Waals surface area contributed by atoms with Crippen LogP contribution in [-0.4, -0.2) is 202 Å². The van der Waals surface area contributed by atoms with Gasteiger partial charge in [-0.05, 0) is 161 Å². The normalized spacial score (nSPS) is 18.3. The summed E-state index contributed by atoms with van der Waals surface area (Å²) in [5, 5.41) is 74.1. The summed E-state index contributed by atoms with van der Waals surface area (Å²) >= 11 is 1.59. The second kappa shape index (κ2) is 45.1. The molecule has 7 heterocycles. The number of nitrogens with two attached hydrogens (primary N) is 1. The van der Waals surface area contributed by atoms with Crippen LogP contribution in [0.2, 0.25) is 5.82 Å². The number of urea groups is 1. The number of nitrogens with one attached hydrogen (secondary N) is 8. The van der Waals surface area contributed by atoms with Gasteiger partial charge < -0.3 is 76.7 Å². The van der Waals surface area contributed by atoms with Crippen molar-refractivity contribution in [2.24, 2.45) is 27.8 Å². The molecule has 712 valence electrons. The first-order valence-electron chi connectivity index (χ1n) is 44.8. The Morgan fingerprint density at radius 1 is 0.784 bits per heavy atom. The fourth-order valence-corrected chi connectivity index (χ4v) is 18.0. The third-order valence-corrected chi connectivity index (χ3v) is 25.6. The SMILES string of the molecule is C=CC(=O)Nc1ccc(C(=O)Nc2n[nH]c3c2CN(C(=O)N[C@H](CN(C)C)c2ccccc2)C3(C)C)cc1.CC(C)C[C@H](CC(=O)[C@H](Cc1ccccc1)NC(=O)c1cnccn1)B(O)O.Cc1ncsc1-c1ccc([C@H](C)NC(=O)[C@@H]2C[C@@H](O)CN2C(=O)[C@@H](NC(=O)C(C)(C)C)C(C)(C)C)cc1.NS(=O)(=O)OC[C@@H]1C[C@@H](n2ccc3c(N[C@H]4CCc5ccccc54)ncnc32)C[C@@H]1O. The summed E-state index contributed by atoms with van der Waals surface area (Å²) in [4.78, 5) is 130. The largest absolute Gasteiger partial charge is 0.455 e. The highest BCUT2D eigenvalue weighted by Crippen LogP contribution is 2.43. The molecular weight excluding hydrogens is 1750 g/mol. The minimum Gasteiger partial charge on any atom is -0.427 e. The number of nitrogens with zero attached hydrogens (tertiary/aromatic N) is 10. The van der Waals surface area contributed by atoms with Gasteiger partial charge in [-0.3, -0.25) is 47.8 Å². The van der Waals surface area contributed by atoms with Gasteiger partial charge in [0, 0.05) is 84.5 Å². The Labute approximate surface area is 786 Å². The molecule has 0 radical (unpaired) electrons. The molecule has 8 amide bonds. The van der Waals surface area contributed by atoms with E-state index in [0.29, 0.717) is 49.3 Å². The Kier molecular flexibility index (Phi) is 34.4. The lowest BCUT2D eigenvalue weighted by molar-refractivity contribution is -0.145. The number of fused-ring (bicyclic) bond motifs is 3. The monoisotopic (exact) mass is 1870 g/mol. The number of carbonyl (C=O) groups is 8. The number of aliphatic hydroxyl groups is 2. The molecule has 0 unspecified atom stereocenters. The number of aryl methyl sites for hydroxylation is 2. The second-order valence-corrected chi connectivity index (χ2v) is 39.7. The first-order chi connectivity index (χ1) is 63.4. The quantitative estimate of drug-likeness (QED) is 0.0147. The number of amides is 8. The summed E-state index contributed by atoms with van der Waals surface area (Å²) in [7, 11) is -1.67. The number of aromatic amines is 1. The van der Waals surface area contributed by atoms with Gasteiger partial charge in [0.15, 0.2) is 11.6 Å². The lowest BCUT2D eigenvalue weighted by atomic mass is 9.66. The van der Waals surface area contributed by atoms with Crippen LogP contribution in [0.15, 0.2) is 189 Å². The number of Topliss-reactive ketones (excluding diaryl/α,β-unsaturated/α-hetero) is 1. The van der Waals surface area contributed by atoms with Crippen molar-refractivity contribution in [1.29, 1.82) is 0 Å². The highest BCUT2D eigenvalue weighted by Gasteiger charge is 2.48. The standard InChI is InChI=1S/C28H33N7O3.C28H40N4O4S.C21H25N5O4S.C20H26BN3O4/c1-6-23(36)29-20-14-12-19(13-15-20)26(37)31-25-21-16-35(28(2,3)24(21)32-33-25)27(38)30-22(17-34(4)5)18-10-8-7-9-11-18;1-16(18-9-11-19(12-10-18)22-17(2)29-15-37-22)30-24(34)21-13-20(33)14-32(21)25(35)23(27(3,4)5)31-26(36)28(6,7)8;22-31(28,29)30-11-14-9-15(10-19(14)27)26-8-7-17-20(23-12-24-21(17)26)25-18-6-5-13-3-1-2-4-16(13)18;1-14(2)10-16(21(27)28)12-19(25)17(11-15-6-4-3-5-7-15)24-20(26)18-13-22-8-9-23-18/h6-15,22H,1,16-17H2,2-5H3,(H,29,36)(H,30,38)(H2,31,32,33,37);9-12,15-16,20-21,23,33H,13-14H2,1-8H3,(H,30,34)(H,31,36);1-4,7-8,12,14-15,18-19,27H,5-6,9-11H2,(H2,22,28,29)(H,23,24,25);3-9,13-14,16-17,27-28H,10-12H2,1-2H3,(H,24,26)/t22-;16-,20+,21-,23+;14-,15+,18-,19-;16-,17+/m1001/s1. The van der Waals surface area contributed by atoms with Crippen molar-refractivity contribution in [3.05, 3.63) is 245 Å². The number of carbonyl (C=O) groups excluding carboxylic acids is 8. The Balaban J connectivity index is 0.000000173. The van der Waals surface area contributed by atoms with Crippen LogP contribution >= 0.6 is 11.3 Å². The molecule has 134 heavy (non-hydrogen) atoms. The Hall–Kier alpha value is -12.3. The summed E-state index contributed by atoms with van der Waals surface area (Å²) in [6, 6.07) is 41.2. The lowest BCUT2D eigenvalue weighted by Gasteiger charge is -2.36. The first-order valence-corrected chi connectivity index (χ1v) is 47.1. The molecule has 34 nitrogen and oxygen atoms in total. The number of rotatable bonds is 30. The molecular formula is C97H124BN19O15S2. The summed E-state index contributed by atoms with van der Waals surface area (Å²) in [5.74, 6) is -1.87. The molecule has 0 spiro atoms. The molecule has 5 aromatic carbocycles. The molecule has 1 saturated carbocycles. The number of hydrogen-bond donors (Lipinski definition) is 13. The van der Waals surface area contributed by atoms with Crippen molar-refractivity contribution < 1.29 is 71.2 Å². The second-order valence-electron chi connectivity index (χ2n) is 37.6. The average Bonchev–Trinajstić information content (AvgIpc) is 1.59. The smallest absolute Gasteiger partial charge is 0.427 e. The molecule has 0 bridgehead atoms. The van der Waals surface area contributed by atoms with Crippen LogP contribution in [0.25, 0.3) is 21.5 Å². The summed E-state index contributed by atoms with van der Waals surface area (Å²) in [6.45, 7) is 26.9. The van der Waals surface area contributed by atoms with E-state index < -0.39 is 75.8 Å². The van der Waals surface area contributed by atoms with E-state index in [4.69, 9.17) is 9.32 Å². The van der Waals surface area contributed by atoms with E-state index in [-0.39, 0.29) is 116 Å². The van der Waals surface area contributed by atoms with Crippen molar-refractivity contribution >= 4 is 104 Å². The summed E-state index contributed by atoms with van der Waals surface area (Å²) in [6.07, 6.45) is 11.5. The van der Waals surface area contributed by atoms with Gasteiger partial charge in [-0.15, -0.1) is 11.3 Å². The van der Waals surface area contributed by atoms with Gasteiger partial charge in [-0.1, -0.05) is 171 Å². The molecule has 5 aromatic heterocycles. The molecule has 1 saturated heterocycles. The van der Waals surface area contributed by atoms with Gasteiger partial charge in [0.25, 0.3) is 11.8 Å². The van der Waals surface area contributed by atoms with E-state index in [1.54, 1.807) is 67.6 Å². The third-order valence-electron chi connectivity index (χ3n) is 24.2. The van der Waals surface area contributed by atoms with Gasteiger partial charge in [-0.2, -0.15) is 13.5 Å². The molecule has 2 fully saturated rings. The zero-order valence-electron chi connectivity index (χ0n) is 78.2. The number of anilines is 3. The molecule has 14 rings (SSSR count). The summed E-state index contributed by atoms with van der Waals surface area (Å²) in [5.41, 5.74) is 10.9. The van der Waals surface area contributed by atoms with Crippen molar-refractivity contribution in [2.45, 2.75) is 207 Å². The van der Waals surface area contributed by atoms with Crippen LogP contribution in [-0.2, 0) is 63.4 Å². The maximum Gasteiger partial charge on any atom is 0.455 e. The molecule has 2 aliphatic heterocycles.